The standard InChI is InChI=1S/C28H23F3N6O/c1-14-20-7-15(2-3-24(20)37-36-14)21-8-19(12-35-27(21)16-4-5-38-13-16)33-11-18(32)6-17-10-34-28-22(17)9-23(29)25(30)26(28)31/h2-5,7-10,12-13,18,33-34H,6,11,32H2,1H3,(H,36,37)/t18-/m1/s1. The van der Waals surface area contributed by atoms with Crippen molar-refractivity contribution < 1.29 is 17.6 Å². The molecular formula is C28H23F3N6O. The van der Waals surface area contributed by atoms with E-state index in [2.05, 4.69) is 26.6 Å². The van der Waals surface area contributed by atoms with Gasteiger partial charge in [-0.2, -0.15) is 5.10 Å². The van der Waals surface area contributed by atoms with Crippen molar-refractivity contribution >= 4 is 27.5 Å². The Kier molecular flexibility index (Phi) is 5.88. The third-order valence-corrected chi connectivity index (χ3v) is 6.70. The number of furan rings is 1. The topological polar surface area (TPSA) is 109 Å². The summed E-state index contributed by atoms with van der Waals surface area (Å²) in [4.78, 5) is 7.38. The van der Waals surface area contributed by atoms with Gasteiger partial charge in [0, 0.05) is 40.7 Å². The third-order valence-electron chi connectivity index (χ3n) is 6.70. The Balaban J connectivity index is 1.26. The number of H-pyrrole nitrogens is 2. The van der Waals surface area contributed by atoms with Crippen LogP contribution in [0.5, 0.6) is 0 Å². The highest BCUT2D eigenvalue weighted by Crippen LogP contribution is 2.34. The van der Waals surface area contributed by atoms with Gasteiger partial charge in [-0.25, -0.2) is 13.2 Å². The van der Waals surface area contributed by atoms with Gasteiger partial charge in [0.15, 0.2) is 17.5 Å². The Labute approximate surface area is 214 Å². The van der Waals surface area contributed by atoms with Gasteiger partial charge in [0.2, 0.25) is 0 Å². The fourth-order valence-corrected chi connectivity index (χ4v) is 4.72. The van der Waals surface area contributed by atoms with Gasteiger partial charge >= 0.3 is 0 Å². The maximum atomic E-state index is 14.1. The number of aromatic nitrogens is 4. The van der Waals surface area contributed by atoms with Gasteiger partial charge in [-0.15, -0.1) is 0 Å². The van der Waals surface area contributed by atoms with Crippen LogP contribution in [0.25, 0.3) is 44.2 Å². The number of aromatic amines is 2. The zero-order valence-electron chi connectivity index (χ0n) is 20.3. The van der Waals surface area contributed by atoms with Crippen LogP contribution in [0.1, 0.15) is 11.3 Å². The number of benzene rings is 2. The van der Waals surface area contributed by atoms with E-state index in [1.54, 1.807) is 18.7 Å². The Morgan fingerprint density at radius 3 is 2.74 bits per heavy atom. The smallest absolute Gasteiger partial charge is 0.196 e. The number of anilines is 1. The summed E-state index contributed by atoms with van der Waals surface area (Å²) in [6.45, 7) is 2.31. The molecule has 0 radical (unpaired) electrons. The summed E-state index contributed by atoms with van der Waals surface area (Å²) in [6, 6.07) is 10.5. The van der Waals surface area contributed by atoms with Crippen molar-refractivity contribution in [3.8, 4) is 22.4 Å². The van der Waals surface area contributed by atoms with Crippen molar-refractivity contribution in [3.63, 3.8) is 0 Å². The molecule has 0 unspecified atom stereocenters. The number of hydrogen-bond acceptors (Lipinski definition) is 5. The van der Waals surface area contributed by atoms with E-state index < -0.39 is 23.5 Å². The first kappa shape index (κ1) is 23.8. The molecule has 192 valence electrons. The SMILES string of the molecule is Cc1n[nH]c2ccc(-c3cc(NC[C@H](N)Cc4c[nH]c5c(F)c(F)c(F)cc45)cnc3-c3ccoc3)cc12. The number of fused-ring (bicyclic) bond motifs is 2. The molecule has 0 aliphatic carbocycles. The van der Waals surface area contributed by atoms with Crippen molar-refractivity contribution in [2.45, 2.75) is 19.4 Å². The first-order valence-electron chi connectivity index (χ1n) is 12.0. The summed E-state index contributed by atoms with van der Waals surface area (Å²) >= 11 is 0. The largest absolute Gasteiger partial charge is 0.472 e. The van der Waals surface area contributed by atoms with E-state index in [1.165, 1.54) is 6.20 Å². The molecule has 0 aliphatic rings. The second kappa shape index (κ2) is 9.38. The molecule has 6 rings (SSSR count). The minimum absolute atomic E-state index is 0.0763. The van der Waals surface area contributed by atoms with E-state index in [0.717, 1.165) is 50.7 Å². The summed E-state index contributed by atoms with van der Waals surface area (Å²) in [5, 5.41) is 11.9. The predicted molar refractivity (Wildman–Crippen MR) is 140 cm³/mol. The van der Waals surface area contributed by atoms with Gasteiger partial charge in [-0.05, 0) is 54.8 Å². The van der Waals surface area contributed by atoms with Crippen LogP contribution in [-0.2, 0) is 6.42 Å². The van der Waals surface area contributed by atoms with Crippen molar-refractivity contribution in [1.82, 2.24) is 20.2 Å². The highest BCUT2D eigenvalue weighted by atomic mass is 19.2. The van der Waals surface area contributed by atoms with Crippen LogP contribution in [0.3, 0.4) is 0 Å². The Morgan fingerprint density at radius 1 is 1.05 bits per heavy atom. The summed E-state index contributed by atoms with van der Waals surface area (Å²) in [6.07, 6.45) is 6.82. The molecule has 4 aromatic heterocycles. The van der Waals surface area contributed by atoms with Crippen LogP contribution in [0.2, 0.25) is 0 Å². The van der Waals surface area contributed by atoms with E-state index in [-0.39, 0.29) is 10.9 Å². The Morgan fingerprint density at radius 2 is 1.92 bits per heavy atom. The number of pyridine rings is 1. The van der Waals surface area contributed by atoms with E-state index in [9.17, 15) is 13.2 Å². The molecule has 5 N–H and O–H groups in total. The molecule has 6 aromatic rings. The van der Waals surface area contributed by atoms with Crippen molar-refractivity contribution in [2.24, 2.45) is 5.73 Å². The molecule has 1 atom stereocenters. The van der Waals surface area contributed by atoms with Crippen molar-refractivity contribution in [1.29, 1.82) is 0 Å². The number of nitrogens with zero attached hydrogens (tertiary/aromatic N) is 2. The van der Waals surface area contributed by atoms with Crippen LogP contribution < -0.4 is 11.1 Å². The minimum Gasteiger partial charge on any atom is -0.472 e. The van der Waals surface area contributed by atoms with Crippen molar-refractivity contribution in [3.05, 3.63) is 90.0 Å². The number of halogens is 3. The van der Waals surface area contributed by atoms with E-state index in [4.69, 9.17) is 15.1 Å². The zero-order valence-corrected chi connectivity index (χ0v) is 20.3. The molecule has 0 aliphatic heterocycles. The molecule has 0 saturated carbocycles. The number of nitrogens with two attached hydrogens (primary N) is 1. The Bertz CT molecular complexity index is 1770. The number of hydrogen-bond donors (Lipinski definition) is 4. The van der Waals surface area contributed by atoms with Crippen molar-refractivity contribution in [2.75, 3.05) is 11.9 Å². The van der Waals surface area contributed by atoms with Gasteiger partial charge < -0.3 is 20.5 Å². The molecule has 38 heavy (non-hydrogen) atoms. The van der Waals surface area contributed by atoms with Gasteiger partial charge in [0.25, 0.3) is 0 Å². The van der Waals surface area contributed by atoms with Crippen LogP contribution in [0.15, 0.2) is 65.7 Å². The first-order valence-corrected chi connectivity index (χ1v) is 12.0. The number of aryl methyl sites for hydroxylation is 1. The Hall–Kier alpha value is -4.57. The lowest BCUT2D eigenvalue weighted by Crippen LogP contribution is -2.31. The average Bonchev–Trinajstić information content (AvgIpc) is 3.67. The highest BCUT2D eigenvalue weighted by molar-refractivity contribution is 5.90. The first-order chi connectivity index (χ1) is 18.4. The van der Waals surface area contributed by atoms with Crippen LogP contribution in [0.4, 0.5) is 18.9 Å². The summed E-state index contributed by atoms with van der Waals surface area (Å²) < 4.78 is 46.7. The fraction of sp³-hybridized carbons (Fsp3) is 0.143. The molecule has 0 spiro atoms. The summed E-state index contributed by atoms with van der Waals surface area (Å²) in [5.74, 6) is -3.97. The highest BCUT2D eigenvalue weighted by Gasteiger charge is 2.19. The van der Waals surface area contributed by atoms with Gasteiger partial charge in [0.05, 0.1) is 46.8 Å². The summed E-state index contributed by atoms with van der Waals surface area (Å²) in [5.41, 5.74) is 13.0. The van der Waals surface area contributed by atoms with E-state index in [1.807, 2.05) is 31.2 Å². The predicted octanol–water partition coefficient (Wildman–Crippen LogP) is 6.07. The maximum Gasteiger partial charge on any atom is 0.196 e. The van der Waals surface area contributed by atoms with Gasteiger partial charge in [-0.1, -0.05) is 6.07 Å². The van der Waals surface area contributed by atoms with Crippen LogP contribution >= 0.6 is 0 Å². The molecule has 2 aromatic carbocycles. The fourth-order valence-electron chi connectivity index (χ4n) is 4.72. The molecule has 0 bridgehead atoms. The zero-order chi connectivity index (χ0) is 26.4. The molecule has 0 saturated heterocycles. The lowest BCUT2D eigenvalue weighted by molar-refractivity contribution is 0.453. The number of rotatable bonds is 7. The molecule has 0 fully saturated rings. The number of nitrogens with one attached hydrogen (secondary N) is 3. The second-order valence-electron chi connectivity index (χ2n) is 9.27. The monoisotopic (exact) mass is 516 g/mol. The lowest BCUT2D eigenvalue weighted by atomic mass is 9.98. The third kappa shape index (κ3) is 4.18. The quantitative estimate of drug-likeness (QED) is 0.193. The van der Waals surface area contributed by atoms with Crippen LogP contribution in [0, 0.1) is 24.4 Å². The molecule has 7 nitrogen and oxygen atoms in total. The molecule has 10 heteroatoms. The van der Waals surface area contributed by atoms with E-state index >= 15 is 0 Å². The minimum atomic E-state index is -1.50. The van der Waals surface area contributed by atoms with E-state index in [0.29, 0.717) is 18.5 Å². The summed E-state index contributed by atoms with van der Waals surface area (Å²) in [7, 11) is 0. The molecular weight excluding hydrogens is 493 g/mol. The second-order valence-corrected chi connectivity index (χ2v) is 9.27. The molecule has 4 heterocycles. The molecule has 0 amide bonds. The van der Waals surface area contributed by atoms with Crippen LogP contribution in [-0.4, -0.2) is 32.8 Å². The van der Waals surface area contributed by atoms with Gasteiger partial charge in [0.1, 0.15) is 0 Å². The average molecular weight is 517 g/mol. The van der Waals surface area contributed by atoms with Gasteiger partial charge in [-0.3, -0.25) is 10.1 Å². The maximum absolute atomic E-state index is 14.1. The lowest BCUT2D eigenvalue weighted by Gasteiger charge is -2.15. The normalized spacial score (nSPS) is 12.4.